The number of aryl methyl sites for hydroxylation is 1. The molecule has 0 aliphatic rings. The van der Waals surface area contributed by atoms with E-state index in [0.717, 1.165) is 5.56 Å². The lowest BCUT2D eigenvalue weighted by molar-refractivity contribution is 0.0916. The van der Waals surface area contributed by atoms with Crippen molar-refractivity contribution in [2.45, 2.75) is 19.4 Å². The molecule has 1 atom stereocenters. The zero-order valence-corrected chi connectivity index (χ0v) is 11.8. The summed E-state index contributed by atoms with van der Waals surface area (Å²) in [6.07, 6.45) is 0.545. The number of carbonyl (C=O) groups excluding carboxylic acids is 1. The minimum atomic E-state index is -0.370. The molecule has 0 aromatic heterocycles. The van der Waals surface area contributed by atoms with Crippen LogP contribution < -0.4 is 5.32 Å². The Labute approximate surface area is 123 Å². The molecule has 2 N–H and O–H groups in total. The smallest absolute Gasteiger partial charge is 0.251 e. The quantitative estimate of drug-likeness (QED) is 0.887. The van der Waals surface area contributed by atoms with Crippen molar-refractivity contribution < 1.29 is 14.3 Å². The normalized spacial score (nSPS) is 12.0. The van der Waals surface area contributed by atoms with Gasteiger partial charge in [-0.3, -0.25) is 4.79 Å². The summed E-state index contributed by atoms with van der Waals surface area (Å²) >= 11 is 0. The average molecular weight is 287 g/mol. The highest BCUT2D eigenvalue weighted by Crippen LogP contribution is 2.10. The third-order valence-corrected chi connectivity index (χ3v) is 3.30. The monoisotopic (exact) mass is 287 g/mol. The molecular formula is C17H18FNO2. The first-order chi connectivity index (χ1) is 10.1. The van der Waals surface area contributed by atoms with E-state index in [4.69, 9.17) is 0 Å². The Balaban J connectivity index is 2.04. The van der Waals surface area contributed by atoms with Crippen LogP contribution >= 0.6 is 0 Å². The number of halogens is 1. The van der Waals surface area contributed by atoms with Crippen LogP contribution in [-0.2, 0) is 6.42 Å². The summed E-state index contributed by atoms with van der Waals surface area (Å²) in [6, 6.07) is 13.5. The Bertz CT molecular complexity index is 613. The first-order valence-corrected chi connectivity index (χ1v) is 6.82. The lowest BCUT2D eigenvalue weighted by Gasteiger charge is -2.16. The van der Waals surface area contributed by atoms with Crippen molar-refractivity contribution in [2.75, 3.05) is 6.61 Å². The van der Waals surface area contributed by atoms with Crippen molar-refractivity contribution in [2.24, 2.45) is 0 Å². The van der Waals surface area contributed by atoms with Gasteiger partial charge in [-0.25, -0.2) is 4.39 Å². The van der Waals surface area contributed by atoms with Gasteiger partial charge in [0.25, 0.3) is 5.91 Å². The van der Waals surface area contributed by atoms with Crippen LogP contribution in [-0.4, -0.2) is 23.7 Å². The van der Waals surface area contributed by atoms with Crippen LogP contribution in [0.15, 0.2) is 48.5 Å². The number of nitrogens with one attached hydrogen (secondary N) is 1. The Morgan fingerprint density at radius 1 is 1.24 bits per heavy atom. The molecule has 1 amide bonds. The zero-order chi connectivity index (χ0) is 15.2. The lowest BCUT2D eigenvalue weighted by atomic mass is 10.1. The van der Waals surface area contributed by atoms with Crippen LogP contribution in [0.3, 0.4) is 0 Å². The van der Waals surface area contributed by atoms with Crippen LogP contribution in [0.25, 0.3) is 0 Å². The first kappa shape index (κ1) is 15.2. The highest BCUT2D eigenvalue weighted by molar-refractivity contribution is 5.94. The second kappa shape index (κ2) is 6.99. The van der Waals surface area contributed by atoms with Crippen molar-refractivity contribution >= 4 is 5.91 Å². The largest absolute Gasteiger partial charge is 0.394 e. The van der Waals surface area contributed by atoms with E-state index in [2.05, 4.69) is 5.32 Å². The molecule has 2 aromatic rings. The molecule has 0 bridgehead atoms. The molecule has 0 heterocycles. The molecule has 0 unspecified atom stereocenters. The molecule has 0 saturated carbocycles. The number of benzene rings is 2. The standard InChI is InChI=1S/C17H18FNO2/c1-12-9-14(7-8-16(12)18)17(21)19-15(11-20)10-13-5-3-2-4-6-13/h2-9,15,20H,10-11H2,1H3,(H,19,21)/t15-/m0/s1. The molecule has 0 saturated heterocycles. The fourth-order valence-electron chi connectivity index (χ4n) is 2.11. The molecule has 2 aromatic carbocycles. The van der Waals surface area contributed by atoms with Crippen molar-refractivity contribution in [1.29, 1.82) is 0 Å². The fourth-order valence-corrected chi connectivity index (χ4v) is 2.11. The highest BCUT2D eigenvalue weighted by atomic mass is 19.1. The van der Waals surface area contributed by atoms with Crippen molar-refractivity contribution in [3.63, 3.8) is 0 Å². The summed E-state index contributed by atoms with van der Waals surface area (Å²) in [5, 5.41) is 12.2. The predicted molar refractivity (Wildman–Crippen MR) is 79.6 cm³/mol. The molecule has 0 aliphatic heterocycles. The van der Waals surface area contributed by atoms with Gasteiger partial charge in [-0.1, -0.05) is 30.3 Å². The third kappa shape index (κ3) is 4.13. The average Bonchev–Trinajstić information content (AvgIpc) is 2.50. The van der Waals surface area contributed by atoms with Gasteiger partial charge >= 0.3 is 0 Å². The Morgan fingerprint density at radius 2 is 1.95 bits per heavy atom. The van der Waals surface area contributed by atoms with Crippen LogP contribution in [0.4, 0.5) is 4.39 Å². The Morgan fingerprint density at radius 3 is 2.57 bits per heavy atom. The van der Waals surface area contributed by atoms with E-state index < -0.39 is 0 Å². The number of aliphatic hydroxyl groups excluding tert-OH is 1. The fraction of sp³-hybridized carbons (Fsp3) is 0.235. The summed E-state index contributed by atoms with van der Waals surface area (Å²) in [4.78, 5) is 12.1. The maximum atomic E-state index is 13.2. The van der Waals surface area contributed by atoms with Gasteiger partial charge in [-0.05, 0) is 42.7 Å². The van der Waals surface area contributed by atoms with E-state index in [1.54, 1.807) is 6.92 Å². The van der Waals surface area contributed by atoms with Crippen molar-refractivity contribution in [3.05, 3.63) is 71.0 Å². The molecule has 4 heteroatoms. The summed E-state index contributed by atoms with van der Waals surface area (Å²) in [5.41, 5.74) is 1.85. The topological polar surface area (TPSA) is 49.3 Å². The maximum absolute atomic E-state index is 13.2. The minimum Gasteiger partial charge on any atom is -0.394 e. The number of hydrogen-bond acceptors (Lipinski definition) is 2. The van der Waals surface area contributed by atoms with Crippen LogP contribution in [0.5, 0.6) is 0 Å². The first-order valence-electron chi connectivity index (χ1n) is 6.82. The minimum absolute atomic E-state index is 0.152. The number of carbonyl (C=O) groups is 1. The molecule has 110 valence electrons. The summed E-state index contributed by atoms with van der Waals surface area (Å²) in [5.74, 6) is -0.650. The van der Waals surface area contributed by atoms with E-state index in [1.165, 1.54) is 18.2 Å². The van der Waals surface area contributed by atoms with Crippen molar-refractivity contribution in [3.8, 4) is 0 Å². The van der Waals surface area contributed by atoms with Crippen LogP contribution in [0.1, 0.15) is 21.5 Å². The van der Waals surface area contributed by atoms with Gasteiger partial charge in [0.15, 0.2) is 0 Å². The molecule has 0 spiro atoms. The molecule has 0 fully saturated rings. The van der Waals surface area contributed by atoms with Gasteiger partial charge in [0.1, 0.15) is 5.82 Å². The van der Waals surface area contributed by atoms with E-state index in [1.807, 2.05) is 30.3 Å². The zero-order valence-electron chi connectivity index (χ0n) is 11.8. The predicted octanol–water partition coefficient (Wildman–Crippen LogP) is 2.47. The summed E-state index contributed by atoms with van der Waals surface area (Å²) < 4.78 is 13.2. The van der Waals surface area contributed by atoms with Gasteiger partial charge in [0.05, 0.1) is 12.6 Å². The lowest BCUT2D eigenvalue weighted by Crippen LogP contribution is -2.39. The van der Waals surface area contributed by atoms with E-state index in [-0.39, 0.29) is 24.4 Å². The van der Waals surface area contributed by atoms with Gasteiger partial charge < -0.3 is 10.4 Å². The molecule has 0 aliphatic carbocycles. The van der Waals surface area contributed by atoms with E-state index in [9.17, 15) is 14.3 Å². The third-order valence-electron chi connectivity index (χ3n) is 3.30. The number of hydrogen-bond donors (Lipinski definition) is 2. The Hall–Kier alpha value is -2.20. The van der Waals surface area contributed by atoms with Gasteiger partial charge in [-0.2, -0.15) is 0 Å². The number of rotatable bonds is 5. The summed E-state index contributed by atoms with van der Waals surface area (Å²) in [6.45, 7) is 1.46. The van der Waals surface area contributed by atoms with Crippen molar-refractivity contribution in [1.82, 2.24) is 5.32 Å². The maximum Gasteiger partial charge on any atom is 0.251 e. The molecule has 2 rings (SSSR count). The van der Waals surface area contributed by atoms with Gasteiger partial charge in [0, 0.05) is 5.56 Å². The SMILES string of the molecule is Cc1cc(C(=O)N[C@H](CO)Cc2ccccc2)ccc1F. The van der Waals surface area contributed by atoms with Crippen LogP contribution in [0, 0.1) is 12.7 Å². The van der Waals surface area contributed by atoms with E-state index in [0.29, 0.717) is 17.5 Å². The molecular weight excluding hydrogens is 269 g/mol. The van der Waals surface area contributed by atoms with Gasteiger partial charge in [0.2, 0.25) is 0 Å². The van der Waals surface area contributed by atoms with Crippen LogP contribution in [0.2, 0.25) is 0 Å². The van der Waals surface area contributed by atoms with Gasteiger partial charge in [-0.15, -0.1) is 0 Å². The second-order valence-corrected chi connectivity index (χ2v) is 5.01. The summed E-state index contributed by atoms with van der Waals surface area (Å²) in [7, 11) is 0. The van der Waals surface area contributed by atoms with E-state index >= 15 is 0 Å². The molecule has 3 nitrogen and oxygen atoms in total. The number of amides is 1. The second-order valence-electron chi connectivity index (χ2n) is 5.01. The molecule has 0 radical (unpaired) electrons. The number of aliphatic hydroxyl groups is 1. The Kier molecular flexibility index (Phi) is 5.06. The molecule has 21 heavy (non-hydrogen) atoms. The highest BCUT2D eigenvalue weighted by Gasteiger charge is 2.14.